The van der Waals surface area contributed by atoms with E-state index in [4.69, 9.17) is 4.74 Å². The van der Waals surface area contributed by atoms with E-state index in [0.717, 1.165) is 25.2 Å². The minimum atomic E-state index is 0. The molecular formula is C25H36OS. The highest BCUT2D eigenvalue weighted by Crippen LogP contribution is 2.35. The number of ether oxygens (including phenoxy) is 1. The van der Waals surface area contributed by atoms with Crippen molar-refractivity contribution in [3.05, 3.63) is 54.1 Å². The summed E-state index contributed by atoms with van der Waals surface area (Å²) in [7, 11) is 0. The Hall–Kier alpha value is -1.80. The van der Waals surface area contributed by atoms with E-state index >= 15 is 0 Å². The van der Waals surface area contributed by atoms with Gasteiger partial charge in [0.15, 0.2) is 0 Å². The fourth-order valence-electron chi connectivity index (χ4n) is 2.60. The monoisotopic (exact) mass is 384 g/mol. The number of fused-ring (bicyclic) bond motifs is 1. The van der Waals surface area contributed by atoms with Crippen LogP contribution in [0.3, 0.4) is 0 Å². The molecule has 1 aromatic heterocycles. The number of hydrogen-bond acceptors (Lipinski definition) is 2. The summed E-state index contributed by atoms with van der Waals surface area (Å²) in [5, 5.41) is 1.32. The molecule has 1 heterocycles. The molecule has 2 aromatic carbocycles. The van der Waals surface area contributed by atoms with E-state index < -0.39 is 0 Å². The van der Waals surface area contributed by atoms with Gasteiger partial charge in [-0.2, -0.15) is 0 Å². The van der Waals surface area contributed by atoms with Gasteiger partial charge in [0.05, 0.1) is 6.61 Å². The average molecular weight is 385 g/mol. The molecular weight excluding hydrogens is 348 g/mol. The number of unbranched alkanes of at least 4 members (excludes halogenated alkanes) is 2. The maximum absolute atomic E-state index is 5.92. The normalized spacial score (nSPS) is 10.1. The summed E-state index contributed by atoms with van der Waals surface area (Å²) in [5.74, 6) is 1.04. The molecule has 148 valence electrons. The summed E-state index contributed by atoms with van der Waals surface area (Å²) in [6.45, 7) is 9.55. The lowest BCUT2D eigenvalue weighted by Crippen LogP contribution is -1.99. The molecule has 0 spiro atoms. The van der Waals surface area contributed by atoms with E-state index in [2.05, 4.69) is 76.2 Å². The zero-order chi connectivity index (χ0) is 18.8. The molecule has 0 radical (unpaired) electrons. The van der Waals surface area contributed by atoms with Crippen LogP contribution in [0, 0.1) is 0 Å². The molecule has 0 atom stereocenters. The standard InChI is InChI=1S/C20H22OS.C4H10.CH4/c1-3-5-12-21-18-11-10-17(13-15(18)4-2)20-14-16-8-6-7-9-19(16)22-20;1-3-4-2;/h6-11,13-14H,3-5,12H2,1-2H3;3-4H2,1-2H3;1H4. The molecule has 3 aromatic rings. The van der Waals surface area contributed by atoms with E-state index in [-0.39, 0.29) is 7.43 Å². The Morgan fingerprint density at radius 1 is 0.852 bits per heavy atom. The lowest BCUT2D eigenvalue weighted by Gasteiger charge is -2.11. The van der Waals surface area contributed by atoms with E-state index in [1.807, 2.05) is 11.3 Å². The molecule has 0 aliphatic rings. The number of hydrogen-bond donors (Lipinski definition) is 0. The highest BCUT2D eigenvalue weighted by Gasteiger charge is 2.08. The Bertz CT molecular complexity index is 753. The Morgan fingerprint density at radius 3 is 2.22 bits per heavy atom. The second-order valence-electron chi connectivity index (χ2n) is 6.53. The first-order chi connectivity index (χ1) is 12.7. The van der Waals surface area contributed by atoms with Gasteiger partial charge in [-0.05, 0) is 59.7 Å². The highest BCUT2D eigenvalue weighted by atomic mass is 32.1. The van der Waals surface area contributed by atoms with E-state index in [1.165, 1.54) is 45.4 Å². The largest absolute Gasteiger partial charge is 0.493 e. The molecule has 27 heavy (non-hydrogen) atoms. The van der Waals surface area contributed by atoms with Crippen molar-refractivity contribution >= 4 is 21.4 Å². The Morgan fingerprint density at radius 2 is 1.59 bits per heavy atom. The zero-order valence-corrected chi connectivity index (χ0v) is 17.5. The van der Waals surface area contributed by atoms with Crippen LogP contribution in [0.15, 0.2) is 48.5 Å². The minimum Gasteiger partial charge on any atom is -0.493 e. The van der Waals surface area contributed by atoms with Crippen LogP contribution in [-0.4, -0.2) is 6.61 Å². The topological polar surface area (TPSA) is 9.23 Å². The second-order valence-corrected chi connectivity index (χ2v) is 7.61. The van der Waals surface area contributed by atoms with Crippen LogP contribution in [-0.2, 0) is 6.42 Å². The molecule has 0 saturated carbocycles. The van der Waals surface area contributed by atoms with Crippen LogP contribution in [0.1, 0.15) is 66.4 Å². The highest BCUT2D eigenvalue weighted by molar-refractivity contribution is 7.22. The first-order valence-electron chi connectivity index (χ1n) is 9.98. The SMILES string of the molecule is C.CCCC.CCCCOc1ccc(-c2cc3ccccc3s2)cc1CC. The molecule has 0 bridgehead atoms. The molecule has 1 nitrogen and oxygen atoms in total. The first kappa shape index (κ1) is 23.2. The summed E-state index contributed by atoms with van der Waals surface area (Å²) in [4.78, 5) is 1.33. The summed E-state index contributed by atoms with van der Waals surface area (Å²) >= 11 is 1.86. The molecule has 2 heteroatoms. The Labute approximate surface area is 170 Å². The predicted octanol–water partition coefficient (Wildman–Crippen LogP) is 8.75. The third kappa shape index (κ3) is 6.70. The zero-order valence-electron chi connectivity index (χ0n) is 16.7. The Kier molecular flexibility index (Phi) is 10.8. The molecule has 0 fully saturated rings. The second kappa shape index (κ2) is 12.6. The van der Waals surface area contributed by atoms with Crippen LogP contribution in [0.4, 0.5) is 0 Å². The summed E-state index contributed by atoms with van der Waals surface area (Å²) < 4.78 is 7.27. The number of rotatable bonds is 7. The third-order valence-electron chi connectivity index (χ3n) is 4.41. The third-order valence-corrected chi connectivity index (χ3v) is 5.57. The molecule has 0 amide bonds. The van der Waals surface area contributed by atoms with Crippen molar-refractivity contribution in [2.75, 3.05) is 6.61 Å². The van der Waals surface area contributed by atoms with Gasteiger partial charge in [-0.3, -0.25) is 0 Å². The van der Waals surface area contributed by atoms with Crippen LogP contribution < -0.4 is 4.74 Å². The minimum absolute atomic E-state index is 0. The molecule has 0 N–H and O–H groups in total. The van der Waals surface area contributed by atoms with Crippen LogP contribution in [0.25, 0.3) is 20.5 Å². The van der Waals surface area contributed by atoms with Gasteiger partial charge in [-0.15, -0.1) is 11.3 Å². The molecule has 3 rings (SSSR count). The number of aryl methyl sites for hydroxylation is 1. The van der Waals surface area contributed by atoms with Crippen molar-refractivity contribution in [3.8, 4) is 16.2 Å². The van der Waals surface area contributed by atoms with Crippen molar-refractivity contribution in [2.45, 2.75) is 67.2 Å². The van der Waals surface area contributed by atoms with Crippen molar-refractivity contribution in [2.24, 2.45) is 0 Å². The average Bonchev–Trinajstić information content (AvgIpc) is 3.12. The fraction of sp³-hybridized carbons (Fsp3) is 0.440. The summed E-state index contributed by atoms with van der Waals surface area (Å²) in [5.41, 5.74) is 2.59. The number of thiophene rings is 1. The van der Waals surface area contributed by atoms with E-state index in [9.17, 15) is 0 Å². The van der Waals surface area contributed by atoms with Gasteiger partial charge in [0, 0.05) is 9.58 Å². The smallest absolute Gasteiger partial charge is 0.122 e. The molecule has 0 aliphatic carbocycles. The molecule has 0 unspecified atom stereocenters. The van der Waals surface area contributed by atoms with Gasteiger partial charge in [-0.1, -0.05) is 72.6 Å². The van der Waals surface area contributed by atoms with E-state index in [0.29, 0.717) is 0 Å². The molecule has 0 saturated heterocycles. The first-order valence-corrected chi connectivity index (χ1v) is 10.8. The van der Waals surface area contributed by atoms with E-state index in [1.54, 1.807) is 0 Å². The van der Waals surface area contributed by atoms with Gasteiger partial charge in [0.1, 0.15) is 5.75 Å². The van der Waals surface area contributed by atoms with Crippen molar-refractivity contribution in [3.63, 3.8) is 0 Å². The van der Waals surface area contributed by atoms with Gasteiger partial charge < -0.3 is 4.74 Å². The number of benzene rings is 2. The lowest BCUT2D eigenvalue weighted by molar-refractivity contribution is 0.306. The van der Waals surface area contributed by atoms with Crippen molar-refractivity contribution in [1.29, 1.82) is 0 Å². The van der Waals surface area contributed by atoms with Crippen LogP contribution in [0.5, 0.6) is 5.75 Å². The van der Waals surface area contributed by atoms with Crippen molar-refractivity contribution in [1.82, 2.24) is 0 Å². The fourth-order valence-corrected chi connectivity index (χ4v) is 3.66. The summed E-state index contributed by atoms with van der Waals surface area (Å²) in [6.07, 6.45) is 5.92. The quantitative estimate of drug-likeness (QED) is 0.370. The van der Waals surface area contributed by atoms with Gasteiger partial charge in [0.2, 0.25) is 0 Å². The maximum atomic E-state index is 5.92. The summed E-state index contributed by atoms with van der Waals surface area (Å²) in [6, 6.07) is 17.5. The molecule has 0 aliphatic heterocycles. The maximum Gasteiger partial charge on any atom is 0.122 e. The van der Waals surface area contributed by atoms with Gasteiger partial charge in [-0.25, -0.2) is 0 Å². The predicted molar refractivity (Wildman–Crippen MR) is 124 cm³/mol. The van der Waals surface area contributed by atoms with Crippen LogP contribution in [0.2, 0.25) is 0 Å². The lowest BCUT2D eigenvalue weighted by atomic mass is 10.1. The Balaban J connectivity index is 0.000000666. The van der Waals surface area contributed by atoms with Crippen LogP contribution >= 0.6 is 11.3 Å². The van der Waals surface area contributed by atoms with Gasteiger partial charge in [0.25, 0.3) is 0 Å². The van der Waals surface area contributed by atoms with Gasteiger partial charge >= 0.3 is 0 Å². The van der Waals surface area contributed by atoms with Crippen molar-refractivity contribution < 1.29 is 4.74 Å².